The van der Waals surface area contributed by atoms with Crippen molar-refractivity contribution in [3.8, 4) is 0 Å². The van der Waals surface area contributed by atoms with E-state index in [1.54, 1.807) is 5.70 Å². The lowest BCUT2D eigenvalue weighted by Gasteiger charge is -2.35. The Bertz CT molecular complexity index is 1380. The van der Waals surface area contributed by atoms with Crippen LogP contribution in [0.3, 0.4) is 0 Å². The Morgan fingerprint density at radius 1 is 0.194 bits per heavy atom. The SMILES string of the molecule is CCCCCCCCCCCCCCCCCCCCCCCCCCCCCB1C=CC=C(CCCCCCCCCCCCCCCCCCCCCCCCCCCCC)N1CCCCCCCCCCCCCCCCCCCCCCCCCCCCC. The molecule has 0 atom stereocenters. The van der Waals surface area contributed by atoms with E-state index in [1.807, 2.05) is 0 Å². The van der Waals surface area contributed by atoms with Crippen LogP contribution in [0.4, 0.5) is 0 Å². The van der Waals surface area contributed by atoms with Crippen LogP contribution < -0.4 is 0 Å². The van der Waals surface area contributed by atoms with E-state index < -0.39 is 0 Å². The summed E-state index contributed by atoms with van der Waals surface area (Å²) in [5, 5.41) is 0. The van der Waals surface area contributed by atoms with Crippen LogP contribution in [0, 0.1) is 0 Å². The fourth-order valence-electron chi connectivity index (χ4n) is 15.9. The van der Waals surface area contributed by atoms with Crippen LogP contribution in [0.5, 0.6) is 0 Å². The van der Waals surface area contributed by atoms with E-state index in [2.05, 4.69) is 43.7 Å². The predicted octanol–water partition coefficient (Wildman–Crippen LogP) is 34.3. The molecule has 0 aliphatic carbocycles. The highest BCUT2D eigenvalue weighted by molar-refractivity contribution is 6.62. The molecule has 1 heterocycles. The maximum atomic E-state index is 2.92. The summed E-state index contributed by atoms with van der Waals surface area (Å²) in [5.74, 6) is 2.59. The largest absolute Gasteiger partial charge is 0.414 e. The molecule has 0 N–H and O–H groups in total. The van der Waals surface area contributed by atoms with Gasteiger partial charge in [-0.25, -0.2) is 0 Å². The van der Waals surface area contributed by atoms with Gasteiger partial charge in [-0.3, -0.25) is 0 Å². The van der Waals surface area contributed by atoms with E-state index in [9.17, 15) is 0 Å². The molecule has 0 spiro atoms. The van der Waals surface area contributed by atoms with Crippen LogP contribution in [-0.4, -0.2) is 18.2 Å². The lowest BCUT2D eigenvalue weighted by Crippen LogP contribution is -2.39. The van der Waals surface area contributed by atoms with E-state index in [4.69, 9.17) is 0 Å². The van der Waals surface area contributed by atoms with Gasteiger partial charge in [-0.2, -0.15) is 0 Å². The minimum Gasteiger partial charge on any atom is -0.414 e. The van der Waals surface area contributed by atoms with Crippen LogP contribution in [0.15, 0.2) is 23.8 Å². The Labute approximate surface area is 592 Å². The van der Waals surface area contributed by atoms with Crippen LogP contribution in [0.25, 0.3) is 0 Å². The van der Waals surface area contributed by atoms with Gasteiger partial charge in [0.05, 0.1) is 0 Å². The third-order valence-electron chi connectivity index (χ3n) is 22.5. The first-order chi connectivity index (χ1) is 46.3. The average Bonchev–Trinajstić information content (AvgIpc) is 3.10. The second kappa shape index (κ2) is 82.0. The first-order valence-corrected chi connectivity index (χ1v) is 45.5. The molecule has 0 aromatic rings. The zero-order chi connectivity index (χ0) is 66.3. The molecule has 0 bridgehead atoms. The molecule has 0 unspecified atom stereocenters. The Hall–Kier alpha value is -0.655. The summed E-state index contributed by atoms with van der Waals surface area (Å²) < 4.78 is 0. The molecule has 0 aromatic carbocycles. The van der Waals surface area contributed by atoms with Gasteiger partial charge in [0.2, 0.25) is 0 Å². The van der Waals surface area contributed by atoms with Gasteiger partial charge >= 0.3 is 0 Å². The van der Waals surface area contributed by atoms with Crippen molar-refractivity contribution < 1.29 is 0 Å². The maximum Gasteiger partial charge on any atom is 0.280 e. The van der Waals surface area contributed by atoms with E-state index in [1.165, 1.54) is 539 Å². The Kier molecular flexibility index (Phi) is 79.7. The fourth-order valence-corrected chi connectivity index (χ4v) is 15.9. The number of hydrogen-bond acceptors (Lipinski definition) is 1. The number of nitrogens with zero attached hydrogens (tertiary/aromatic N) is 1. The number of allylic oxidation sites excluding steroid dienone is 3. The summed E-state index contributed by atoms with van der Waals surface area (Å²) in [6, 6.07) is 0. The molecule has 0 radical (unpaired) electrons. The molecular formula is C91H180BN. The molecule has 0 saturated heterocycles. The molecule has 1 nitrogen and oxygen atoms in total. The Morgan fingerprint density at radius 2 is 0.355 bits per heavy atom. The minimum atomic E-state index is 0.641. The summed E-state index contributed by atoms with van der Waals surface area (Å²) in [7, 11) is 0. The van der Waals surface area contributed by atoms with Crippen molar-refractivity contribution in [1.29, 1.82) is 0 Å². The Morgan fingerprint density at radius 3 is 0.548 bits per heavy atom. The summed E-state index contributed by atoms with van der Waals surface area (Å²) >= 11 is 0. The first kappa shape index (κ1) is 90.4. The predicted molar refractivity (Wildman–Crippen MR) is 430 cm³/mol. The van der Waals surface area contributed by atoms with Crippen molar-refractivity contribution in [2.24, 2.45) is 0 Å². The smallest absolute Gasteiger partial charge is 0.280 e. The van der Waals surface area contributed by atoms with Crippen LogP contribution in [0.1, 0.15) is 547 Å². The van der Waals surface area contributed by atoms with Crippen LogP contribution in [-0.2, 0) is 0 Å². The first-order valence-electron chi connectivity index (χ1n) is 45.5. The monoisotopic (exact) mass is 1300 g/mol. The van der Waals surface area contributed by atoms with Crippen LogP contribution >= 0.6 is 0 Å². The van der Waals surface area contributed by atoms with Gasteiger partial charge in [0, 0.05) is 12.2 Å². The van der Waals surface area contributed by atoms with Gasteiger partial charge in [-0.15, -0.1) is 0 Å². The van der Waals surface area contributed by atoms with Crippen molar-refractivity contribution in [3.05, 3.63) is 23.8 Å². The van der Waals surface area contributed by atoms with Crippen molar-refractivity contribution in [2.45, 2.75) is 554 Å². The van der Waals surface area contributed by atoms with Crippen molar-refractivity contribution in [3.63, 3.8) is 0 Å². The summed E-state index contributed by atoms with van der Waals surface area (Å²) in [6.45, 7) is 8.90. The molecule has 0 saturated carbocycles. The van der Waals surface area contributed by atoms with E-state index in [0.29, 0.717) is 6.85 Å². The van der Waals surface area contributed by atoms with Crippen molar-refractivity contribution >= 4 is 6.85 Å². The highest BCUT2D eigenvalue weighted by Gasteiger charge is 2.24. The maximum absolute atomic E-state index is 2.92. The lowest BCUT2D eigenvalue weighted by molar-refractivity contribution is 0.453. The summed E-state index contributed by atoms with van der Waals surface area (Å²) in [6.07, 6.45) is 127. The number of unbranched alkanes of at least 4 members (excludes halogenated alkanes) is 78. The standard InChI is InChI=1S/C91H180BN/c1-4-7-10-13-16-19-22-25-28-31-34-37-40-43-46-49-52-55-58-61-64-67-70-73-76-79-82-86-91-87-85-89-92(88-83-80-77-74-71-68-65-62-59-56-53-50-47-44-41-38-35-32-29-26-23-20-17-14-11-8-5-2)93(91)90-84-81-78-75-72-69-66-63-60-57-54-51-48-45-42-39-36-33-30-27-24-21-18-15-12-9-6-3/h85,87,89H,4-84,86,88,90H2,1-3H3. The van der Waals surface area contributed by atoms with Crippen LogP contribution in [0.2, 0.25) is 6.32 Å². The summed E-state index contributed by atoms with van der Waals surface area (Å²) in [5.41, 5.74) is 1.68. The second-order valence-electron chi connectivity index (χ2n) is 31.9. The number of rotatable bonds is 84. The molecule has 0 aromatic heterocycles. The highest BCUT2D eigenvalue weighted by Crippen LogP contribution is 2.27. The van der Waals surface area contributed by atoms with Gasteiger partial charge in [0.1, 0.15) is 0 Å². The molecule has 93 heavy (non-hydrogen) atoms. The molecule has 1 aliphatic heterocycles. The highest BCUT2D eigenvalue weighted by atomic mass is 15.1. The second-order valence-corrected chi connectivity index (χ2v) is 31.9. The van der Waals surface area contributed by atoms with E-state index >= 15 is 0 Å². The van der Waals surface area contributed by atoms with Crippen molar-refractivity contribution in [1.82, 2.24) is 4.81 Å². The fraction of sp³-hybridized carbons (Fsp3) is 0.956. The third kappa shape index (κ3) is 72.4. The summed E-state index contributed by atoms with van der Waals surface area (Å²) in [4.78, 5) is 2.92. The van der Waals surface area contributed by atoms with E-state index in [0.717, 1.165) is 0 Å². The minimum absolute atomic E-state index is 0.641. The molecule has 0 fully saturated rings. The van der Waals surface area contributed by atoms with Gasteiger partial charge in [0.15, 0.2) is 0 Å². The van der Waals surface area contributed by atoms with Gasteiger partial charge in [0.25, 0.3) is 6.85 Å². The molecule has 2 heteroatoms. The molecule has 0 amide bonds. The Balaban J connectivity index is 2.18. The topological polar surface area (TPSA) is 3.24 Å². The zero-order valence-corrected chi connectivity index (χ0v) is 65.7. The van der Waals surface area contributed by atoms with Gasteiger partial charge < -0.3 is 4.81 Å². The van der Waals surface area contributed by atoms with E-state index in [-0.39, 0.29) is 0 Å². The zero-order valence-electron chi connectivity index (χ0n) is 65.7. The van der Waals surface area contributed by atoms with Gasteiger partial charge in [-0.1, -0.05) is 540 Å². The quantitative estimate of drug-likeness (QED) is 0.0433. The van der Waals surface area contributed by atoms with Gasteiger partial charge in [-0.05, 0) is 31.7 Å². The molecule has 552 valence electrons. The van der Waals surface area contributed by atoms with Crippen molar-refractivity contribution in [2.75, 3.05) is 6.54 Å². The number of hydrogen-bond donors (Lipinski definition) is 0. The lowest BCUT2D eigenvalue weighted by atomic mass is 9.54. The molecule has 1 rings (SSSR count). The molecule has 1 aliphatic rings. The molecular weight excluding hydrogens is 1120 g/mol. The average molecular weight is 1300 g/mol. The third-order valence-corrected chi connectivity index (χ3v) is 22.5. The normalized spacial score (nSPS) is 12.6.